The lowest BCUT2D eigenvalue weighted by Crippen LogP contribution is -2.12. The van der Waals surface area contributed by atoms with E-state index in [0.717, 1.165) is 0 Å². The van der Waals surface area contributed by atoms with E-state index in [1.807, 2.05) is 6.92 Å². The third-order valence-electron chi connectivity index (χ3n) is 2.19. The van der Waals surface area contributed by atoms with Gasteiger partial charge in [0.05, 0.1) is 0 Å². The summed E-state index contributed by atoms with van der Waals surface area (Å²) in [6.45, 7) is 3.21. The van der Waals surface area contributed by atoms with Gasteiger partial charge in [-0.15, -0.1) is 10.1 Å². The highest BCUT2D eigenvalue weighted by Gasteiger charge is 2.13. The van der Waals surface area contributed by atoms with Crippen LogP contribution in [0.25, 0.3) is 0 Å². The fourth-order valence-electron chi connectivity index (χ4n) is 1.45. The van der Waals surface area contributed by atoms with E-state index in [-0.39, 0.29) is 11.5 Å². The standard InChI is InChI=1S/C11H12N2O5/c1-3-8-6-9(11(15)18-13(16)17)4-5-10(8)12-7(2)14/h4-6H,3H2,1-2H3,(H,12,14). The molecule has 96 valence electrons. The number of carbonyl (C=O) groups excluding carboxylic acids is 2. The maximum Gasteiger partial charge on any atom is 0.334 e. The molecule has 0 aliphatic heterocycles. The first-order chi connectivity index (χ1) is 8.43. The number of nitrogens with one attached hydrogen (secondary N) is 1. The molecular formula is C11H12N2O5. The minimum absolute atomic E-state index is 0.0673. The number of amides is 1. The molecule has 0 fully saturated rings. The van der Waals surface area contributed by atoms with Crippen molar-refractivity contribution in [1.29, 1.82) is 0 Å². The lowest BCUT2D eigenvalue weighted by Gasteiger charge is -2.09. The van der Waals surface area contributed by atoms with Crippen LogP contribution in [-0.4, -0.2) is 17.0 Å². The smallest absolute Gasteiger partial charge is 0.326 e. The Morgan fingerprint density at radius 1 is 1.44 bits per heavy atom. The predicted octanol–water partition coefficient (Wildman–Crippen LogP) is 1.56. The van der Waals surface area contributed by atoms with Crippen molar-refractivity contribution >= 4 is 17.6 Å². The Balaban J connectivity index is 3.01. The van der Waals surface area contributed by atoms with Crippen LogP contribution in [0.4, 0.5) is 5.69 Å². The highest BCUT2D eigenvalue weighted by atomic mass is 17.0. The fraction of sp³-hybridized carbons (Fsp3) is 0.273. The van der Waals surface area contributed by atoms with E-state index < -0.39 is 11.1 Å². The van der Waals surface area contributed by atoms with Gasteiger partial charge < -0.3 is 5.32 Å². The van der Waals surface area contributed by atoms with E-state index >= 15 is 0 Å². The number of aryl methyl sites for hydroxylation is 1. The molecule has 0 radical (unpaired) electrons. The molecule has 0 spiro atoms. The largest absolute Gasteiger partial charge is 0.334 e. The molecule has 1 N–H and O–H groups in total. The van der Waals surface area contributed by atoms with Gasteiger partial charge in [-0.1, -0.05) is 6.92 Å². The van der Waals surface area contributed by atoms with Crippen LogP contribution >= 0.6 is 0 Å². The van der Waals surface area contributed by atoms with Crippen LogP contribution in [0.15, 0.2) is 18.2 Å². The van der Waals surface area contributed by atoms with Crippen molar-refractivity contribution in [3.05, 3.63) is 39.4 Å². The van der Waals surface area contributed by atoms with Crippen LogP contribution in [0.3, 0.4) is 0 Å². The summed E-state index contributed by atoms with van der Waals surface area (Å²) in [6, 6.07) is 4.32. The molecule has 1 aromatic carbocycles. The second-order valence-electron chi connectivity index (χ2n) is 3.51. The van der Waals surface area contributed by atoms with Crippen LogP contribution in [0.5, 0.6) is 0 Å². The van der Waals surface area contributed by atoms with E-state index in [0.29, 0.717) is 17.7 Å². The van der Waals surface area contributed by atoms with Crippen LogP contribution in [0.2, 0.25) is 0 Å². The van der Waals surface area contributed by atoms with E-state index in [1.54, 1.807) is 0 Å². The molecule has 0 atom stereocenters. The van der Waals surface area contributed by atoms with Gasteiger partial charge in [-0.25, -0.2) is 4.84 Å². The maximum atomic E-state index is 11.3. The van der Waals surface area contributed by atoms with Gasteiger partial charge in [0, 0.05) is 18.2 Å². The summed E-state index contributed by atoms with van der Waals surface area (Å²) in [5, 5.41) is 11.5. The monoisotopic (exact) mass is 252 g/mol. The van der Waals surface area contributed by atoms with Crippen molar-refractivity contribution in [3.63, 3.8) is 0 Å². The number of benzene rings is 1. The molecule has 0 heterocycles. The Morgan fingerprint density at radius 2 is 2.11 bits per heavy atom. The Kier molecular flexibility index (Phi) is 4.36. The number of anilines is 1. The quantitative estimate of drug-likeness (QED) is 0.647. The lowest BCUT2D eigenvalue weighted by molar-refractivity contribution is -0.727. The number of hydrogen-bond donors (Lipinski definition) is 1. The summed E-state index contributed by atoms with van der Waals surface area (Å²) in [5.74, 6) is -1.27. The first kappa shape index (κ1) is 13.6. The number of carbonyl (C=O) groups is 2. The minimum atomic E-state index is -1.16. The van der Waals surface area contributed by atoms with Crippen LogP contribution in [0.1, 0.15) is 29.8 Å². The van der Waals surface area contributed by atoms with E-state index in [2.05, 4.69) is 10.2 Å². The Labute approximate surface area is 103 Å². The average molecular weight is 252 g/mol. The molecule has 0 bridgehead atoms. The third kappa shape index (κ3) is 3.55. The molecular weight excluding hydrogens is 240 g/mol. The molecule has 0 aliphatic carbocycles. The Morgan fingerprint density at radius 3 is 2.61 bits per heavy atom. The van der Waals surface area contributed by atoms with Gasteiger partial charge in [-0.3, -0.25) is 9.59 Å². The SMILES string of the molecule is CCc1cc(C(=O)O[N+](=O)[O-])ccc1NC(C)=O. The van der Waals surface area contributed by atoms with Gasteiger partial charge in [-0.05, 0) is 30.2 Å². The normalized spacial score (nSPS) is 9.67. The van der Waals surface area contributed by atoms with Crippen molar-refractivity contribution in [1.82, 2.24) is 0 Å². The zero-order valence-electron chi connectivity index (χ0n) is 9.93. The molecule has 0 saturated carbocycles. The molecule has 0 saturated heterocycles. The zero-order valence-corrected chi connectivity index (χ0v) is 9.93. The first-order valence-electron chi connectivity index (χ1n) is 5.21. The average Bonchev–Trinajstić information content (AvgIpc) is 2.27. The molecule has 7 nitrogen and oxygen atoms in total. The molecule has 0 unspecified atom stereocenters. The van der Waals surface area contributed by atoms with Crippen LogP contribution in [0, 0.1) is 10.1 Å². The molecule has 1 aromatic rings. The zero-order chi connectivity index (χ0) is 13.7. The van der Waals surface area contributed by atoms with Crippen LogP contribution in [-0.2, 0) is 16.1 Å². The summed E-state index contributed by atoms with van der Waals surface area (Å²) >= 11 is 0. The van der Waals surface area contributed by atoms with E-state index in [1.165, 1.54) is 25.1 Å². The van der Waals surface area contributed by atoms with Crippen molar-refractivity contribution in [2.75, 3.05) is 5.32 Å². The Bertz CT molecular complexity index is 498. The number of rotatable bonds is 4. The van der Waals surface area contributed by atoms with E-state index in [9.17, 15) is 19.7 Å². The van der Waals surface area contributed by atoms with Gasteiger partial charge in [-0.2, -0.15) is 0 Å². The predicted molar refractivity (Wildman–Crippen MR) is 62.5 cm³/mol. The molecule has 1 rings (SSSR count). The summed E-state index contributed by atoms with van der Waals surface area (Å²) < 4.78 is 0. The second kappa shape index (κ2) is 5.76. The molecule has 0 aliphatic rings. The van der Waals surface area contributed by atoms with Gasteiger partial charge in [0.15, 0.2) is 0 Å². The highest BCUT2D eigenvalue weighted by molar-refractivity contribution is 5.93. The van der Waals surface area contributed by atoms with Crippen molar-refractivity contribution < 1.29 is 19.5 Å². The summed E-state index contributed by atoms with van der Waals surface area (Å²) in [7, 11) is 0. The van der Waals surface area contributed by atoms with Crippen LogP contribution < -0.4 is 5.32 Å². The molecule has 18 heavy (non-hydrogen) atoms. The Hall–Kier alpha value is -2.44. The lowest BCUT2D eigenvalue weighted by atomic mass is 10.1. The fourth-order valence-corrected chi connectivity index (χ4v) is 1.45. The van der Waals surface area contributed by atoms with Crippen molar-refractivity contribution in [3.8, 4) is 0 Å². The second-order valence-corrected chi connectivity index (χ2v) is 3.51. The van der Waals surface area contributed by atoms with Gasteiger partial charge in [0.1, 0.15) is 0 Å². The summed E-state index contributed by atoms with van der Waals surface area (Å²) in [6.07, 6.45) is 0.565. The minimum Gasteiger partial charge on any atom is -0.326 e. The number of nitrogens with zero attached hydrogens (tertiary/aromatic N) is 1. The van der Waals surface area contributed by atoms with Crippen molar-refractivity contribution in [2.24, 2.45) is 0 Å². The summed E-state index contributed by atoms with van der Waals surface area (Å²) in [5.41, 5.74) is 1.34. The third-order valence-corrected chi connectivity index (χ3v) is 2.19. The summed E-state index contributed by atoms with van der Waals surface area (Å²) in [4.78, 5) is 36.2. The van der Waals surface area contributed by atoms with Gasteiger partial charge in [0.25, 0.3) is 0 Å². The maximum absolute atomic E-state index is 11.3. The van der Waals surface area contributed by atoms with Gasteiger partial charge >= 0.3 is 11.1 Å². The molecule has 0 aromatic heterocycles. The molecule has 1 amide bonds. The molecule has 7 heteroatoms. The highest BCUT2D eigenvalue weighted by Crippen LogP contribution is 2.19. The van der Waals surface area contributed by atoms with Crippen molar-refractivity contribution in [2.45, 2.75) is 20.3 Å². The van der Waals surface area contributed by atoms with Gasteiger partial charge in [0.2, 0.25) is 5.91 Å². The number of hydrogen-bond acceptors (Lipinski definition) is 5. The van der Waals surface area contributed by atoms with E-state index in [4.69, 9.17) is 0 Å². The topological polar surface area (TPSA) is 98.5 Å². The first-order valence-corrected chi connectivity index (χ1v) is 5.21.